The first kappa shape index (κ1) is 10.6. The standard InChI is InChI=1S/C13H17FO/c1-12(2)8-3-9-13(12,15)10-4-6-11(14)7-5-10/h4-7,15H,3,8-9H2,1-2H3. The van der Waals surface area contributed by atoms with Gasteiger partial charge in [-0.2, -0.15) is 0 Å². The van der Waals surface area contributed by atoms with Gasteiger partial charge in [-0.05, 0) is 42.4 Å². The molecule has 0 radical (unpaired) electrons. The van der Waals surface area contributed by atoms with E-state index in [0.29, 0.717) is 0 Å². The average molecular weight is 208 g/mol. The molecule has 0 spiro atoms. The molecule has 2 heteroatoms. The molecule has 15 heavy (non-hydrogen) atoms. The van der Waals surface area contributed by atoms with Crippen LogP contribution in [-0.2, 0) is 5.60 Å². The minimum atomic E-state index is -0.791. The predicted octanol–water partition coefficient (Wildman–Crippen LogP) is 3.22. The molecule has 1 aliphatic carbocycles. The van der Waals surface area contributed by atoms with Crippen molar-refractivity contribution < 1.29 is 9.50 Å². The normalized spacial score (nSPS) is 29.3. The Morgan fingerprint density at radius 3 is 2.20 bits per heavy atom. The molecule has 1 fully saturated rings. The summed E-state index contributed by atoms with van der Waals surface area (Å²) in [4.78, 5) is 0. The van der Waals surface area contributed by atoms with E-state index in [1.54, 1.807) is 12.1 Å². The molecule has 0 heterocycles. The molecule has 1 aliphatic rings. The van der Waals surface area contributed by atoms with E-state index in [2.05, 4.69) is 13.8 Å². The maximum absolute atomic E-state index is 12.8. The van der Waals surface area contributed by atoms with Crippen molar-refractivity contribution in [2.75, 3.05) is 0 Å². The molecule has 1 unspecified atom stereocenters. The molecule has 1 N–H and O–H groups in total. The summed E-state index contributed by atoms with van der Waals surface area (Å²) in [6.45, 7) is 4.15. The van der Waals surface area contributed by atoms with Gasteiger partial charge in [-0.25, -0.2) is 4.39 Å². The Hall–Kier alpha value is -0.890. The third-order valence-corrected chi connectivity index (χ3v) is 3.78. The SMILES string of the molecule is CC1(C)CCCC1(O)c1ccc(F)cc1. The predicted molar refractivity (Wildman–Crippen MR) is 57.9 cm³/mol. The summed E-state index contributed by atoms with van der Waals surface area (Å²) in [5.74, 6) is -0.252. The molecule has 0 amide bonds. The number of aliphatic hydroxyl groups is 1. The van der Waals surface area contributed by atoms with Crippen LogP contribution in [0.15, 0.2) is 24.3 Å². The smallest absolute Gasteiger partial charge is 0.123 e. The van der Waals surface area contributed by atoms with Crippen molar-refractivity contribution in [1.29, 1.82) is 0 Å². The number of rotatable bonds is 1. The van der Waals surface area contributed by atoms with Gasteiger partial charge in [-0.1, -0.05) is 26.0 Å². The molecule has 0 bridgehead atoms. The fraction of sp³-hybridized carbons (Fsp3) is 0.538. The third-order valence-electron chi connectivity index (χ3n) is 3.78. The molecular weight excluding hydrogens is 191 g/mol. The van der Waals surface area contributed by atoms with Crippen LogP contribution in [0.1, 0.15) is 38.7 Å². The maximum Gasteiger partial charge on any atom is 0.123 e. The molecule has 2 rings (SSSR count). The zero-order valence-electron chi connectivity index (χ0n) is 9.26. The lowest BCUT2D eigenvalue weighted by molar-refractivity contribution is -0.0485. The molecule has 0 saturated heterocycles. The lowest BCUT2D eigenvalue weighted by Gasteiger charge is -2.37. The number of benzene rings is 1. The summed E-state index contributed by atoms with van der Waals surface area (Å²) in [6, 6.07) is 6.23. The maximum atomic E-state index is 12.8. The van der Waals surface area contributed by atoms with Crippen molar-refractivity contribution in [3.63, 3.8) is 0 Å². The molecule has 82 valence electrons. The minimum absolute atomic E-state index is 0.120. The van der Waals surface area contributed by atoms with Gasteiger partial charge in [0.2, 0.25) is 0 Å². The highest BCUT2D eigenvalue weighted by Crippen LogP contribution is 2.51. The summed E-state index contributed by atoms with van der Waals surface area (Å²) >= 11 is 0. The molecule has 1 nitrogen and oxygen atoms in total. The van der Waals surface area contributed by atoms with E-state index in [-0.39, 0.29) is 11.2 Å². The van der Waals surface area contributed by atoms with Crippen LogP contribution in [0.4, 0.5) is 4.39 Å². The van der Waals surface area contributed by atoms with Gasteiger partial charge in [0, 0.05) is 0 Å². The summed E-state index contributed by atoms with van der Waals surface area (Å²) in [5, 5.41) is 10.7. The third kappa shape index (κ3) is 1.57. The van der Waals surface area contributed by atoms with Crippen molar-refractivity contribution in [2.24, 2.45) is 5.41 Å². The van der Waals surface area contributed by atoms with E-state index in [1.165, 1.54) is 12.1 Å². The van der Waals surface area contributed by atoms with Crippen LogP contribution >= 0.6 is 0 Å². The second-order valence-electron chi connectivity index (χ2n) is 5.10. The van der Waals surface area contributed by atoms with Gasteiger partial charge in [0.15, 0.2) is 0 Å². The van der Waals surface area contributed by atoms with Gasteiger partial charge in [0.25, 0.3) is 0 Å². The van der Waals surface area contributed by atoms with E-state index in [4.69, 9.17) is 0 Å². The highest BCUT2D eigenvalue weighted by molar-refractivity contribution is 5.26. The summed E-state index contributed by atoms with van der Waals surface area (Å²) in [7, 11) is 0. The Labute approximate surface area is 89.9 Å². The molecule has 1 aromatic carbocycles. The second-order valence-corrected chi connectivity index (χ2v) is 5.10. The highest BCUT2D eigenvalue weighted by atomic mass is 19.1. The van der Waals surface area contributed by atoms with Crippen LogP contribution in [0.3, 0.4) is 0 Å². The number of halogens is 1. The van der Waals surface area contributed by atoms with Gasteiger partial charge in [0.1, 0.15) is 5.82 Å². The zero-order chi connectivity index (χ0) is 11.1. The van der Waals surface area contributed by atoms with Gasteiger partial charge in [0.05, 0.1) is 5.60 Å². The van der Waals surface area contributed by atoms with Crippen molar-refractivity contribution in [2.45, 2.75) is 38.7 Å². The van der Waals surface area contributed by atoms with E-state index in [9.17, 15) is 9.50 Å². The van der Waals surface area contributed by atoms with Crippen molar-refractivity contribution in [3.05, 3.63) is 35.6 Å². The largest absolute Gasteiger partial charge is 0.385 e. The lowest BCUT2D eigenvalue weighted by atomic mass is 9.73. The Morgan fingerprint density at radius 1 is 1.13 bits per heavy atom. The van der Waals surface area contributed by atoms with Crippen LogP contribution in [0.5, 0.6) is 0 Å². The van der Waals surface area contributed by atoms with Crippen LogP contribution in [0, 0.1) is 11.2 Å². The molecule has 0 aliphatic heterocycles. The monoisotopic (exact) mass is 208 g/mol. The zero-order valence-corrected chi connectivity index (χ0v) is 9.26. The number of hydrogen-bond donors (Lipinski definition) is 1. The van der Waals surface area contributed by atoms with Crippen molar-refractivity contribution >= 4 is 0 Å². The highest BCUT2D eigenvalue weighted by Gasteiger charge is 2.48. The summed E-state index contributed by atoms with van der Waals surface area (Å²) in [6.07, 6.45) is 2.81. The Balaban J connectivity index is 2.41. The summed E-state index contributed by atoms with van der Waals surface area (Å²) < 4.78 is 12.8. The number of hydrogen-bond acceptors (Lipinski definition) is 1. The molecule has 1 atom stereocenters. The first-order valence-corrected chi connectivity index (χ1v) is 5.44. The van der Waals surface area contributed by atoms with Gasteiger partial charge < -0.3 is 5.11 Å². The topological polar surface area (TPSA) is 20.2 Å². The molecule has 1 aromatic rings. The molecular formula is C13H17FO. The van der Waals surface area contributed by atoms with Crippen molar-refractivity contribution in [1.82, 2.24) is 0 Å². The van der Waals surface area contributed by atoms with Crippen LogP contribution in [0.2, 0.25) is 0 Å². The van der Waals surface area contributed by atoms with Gasteiger partial charge in [-0.15, -0.1) is 0 Å². The van der Waals surface area contributed by atoms with E-state index in [0.717, 1.165) is 24.8 Å². The van der Waals surface area contributed by atoms with Crippen LogP contribution in [-0.4, -0.2) is 5.11 Å². The fourth-order valence-electron chi connectivity index (χ4n) is 2.59. The Bertz CT molecular complexity index is 355. The van der Waals surface area contributed by atoms with Crippen molar-refractivity contribution in [3.8, 4) is 0 Å². The van der Waals surface area contributed by atoms with E-state index < -0.39 is 5.60 Å². The van der Waals surface area contributed by atoms with Crippen LogP contribution < -0.4 is 0 Å². The van der Waals surface area contributed by atoms with Gasteiger partial charge >= 0.3 is 0 Å². The minimum Gasteiger partial charge on any atom is -0.385 e. The van der Waals surface area contributed by atoms with E-state index >= 15 is 0 Å². The van der Waals surface area contributed by atoms with Crippen LogP contribution in [0.25, 0.3) is 0 Å². The Kier molecular flexibility index (Phi) is 2.34. The van der Waals surface area contributed by atoms with E-state index in [1.807, 2.05) is 0 Å². The lowest BCUT2D eigenvalue weighted by Crippen LogP contribution is -2.36. The summed E-state index contributed by atoms with van der Waals surface area (Å²) in [5.41, 5.74) is -0.0719. The Morgan fingerprint density at radius 2 is 1.73 bits per heavy atom. The quantitative estimate of drug-likeness (QED) is 0.751. The molecule has 1 saturated carbocycles. The molecule has 0 aromatic heterocycles. The first-order chi connectivity index (χ1) is 6.96. The fourth-order valence-corrected chi connectivity index (χ4v) is 2.59. The average Bonchev–Trinajstić information content (AvgIpc) is 2.43. The van der Waals surface area contributed by atoms with Gasteiger partial charge in [-0.3, -0.25) is 0 Å². The first-order valence-electron chi connectivity index (χ1n) is 5.44. The second kappa shape index (κ2) is 3.31.